The number of pyridine rings is 1. The van der Waals surface area contributed by atoms with Gasteiger partial charge in [-0.05, 0) is 26.0 Å². The van der Waals surface area contributed by atoms with E-state index >= 15 is 0 Å². The van der Waals surface area contributed by atoms with Crippen LogP contribution in [0.5, 0.6) is 0 Å². The topological polar surface area (TPSA) is 48.4 Å². The zero-order valence-electron chi connectivity index (χ0n) is 8.64. The van der Waals surface area contributed by atoms with E-state index in [4.69, 9.17) is 9.05 Å². The van der Waals surface area contributed by atoms with E-state index < -0.39 is 13.4 Å². The maximum absolute atomic E-state index is 13.3. The highest BCUT2D eigenvalue weighted by Gasteiger charge is 2.31. The van der Waals surface area contributed by atoms with Crippen molar-refractivity contribution in [3.63, 3.8) is 0 Å². The fourth-order valence-electron chi connectivity index (χ4n) is 1.08. The lowest BCUT2D eigenvalue weighted by molar-refractivity contribution is 0.228. The summed E-state index contributed by atoms with van der Waals surface area (Å²) in [5, 5.41) is 0. The van der Waals surface area contributed by atoms with Crippen molar-refractivity contribution >= 4 is 13.0 Å². The minimum Gasteiger partial charge on any atom is -0.304 e. The fraction of sp³-hybridized carbons (Fsp3) is 0.444. The lowest BCUT2D eigenvalue weighted by atomic mass is 10.5. The monoisotopic (exact) mass is 233 g/mol. The number of rotatable bonds is 5. The second-order valence-corrected chi connectivity index (χ2v) is 4.58. The number of halogens is 1. The molecule has 4 nitrogen and oxygen atoms in total. The lowest BCUT2D eigenvalue weighted by Crippen LogP contribution is -2.17. The lowest BCUT2D eigenvalue weighted by Gasteiger charge is -2.16. The maximum atomic E-state index is 13.3. The molecule has 0 aliphatic carbocycles. The van der Waals surface area contributed by atoms with Crippen LogP contribution in [0.2, 0.25) is 0 Å². The van der Waals surface area contributed by atoms with E-state index in [0.29, 0.717) is 0 Å². The van der Waals surface area contributed by atoms with Crippen molar-refractivity contribution in [1.82, 2.24) is 4.98 Å². The van der Waals surface area contributed by atoms with Crippen molar-refractivity contribution in [2.75, 3.05) is 13.2 Å². The van der Waals surface area contributed by atoms with Gasteiger partial charge in [0, 0.05) is 6.20 Å². The standard InChI is InChI=1S/C9H13FNO3P/c1-3-13-15(12,14-4-2)9-8(10)6-5-7-11-9/h5-7H,3-4H2,1-2H3. The van der Waals surface area contributed by atoms with Crippen molar-refractivity contribution in [3.05, 3.63) is 24.1 Å². The highest BCUT2D eigenvalue weighted by Crippen LogP contribution is 2.46. The molecule has 1 heterocycles. The highest BCUT2D eigenvalue weighted by atomic mass is 31.2. The quantitative estimate of drug-likeness (QED) is 0.731. The van der Waals surface area contributed by atoms with Crippen LogP contribution in [0.15, 0.2) is 18.3 Å². The Kier molecular flexibility index (Phi) is 4.39. The Labute approximate surface area is 88.0 Å². The Morgan fingerprint density at radius 1 is 1.40 bits per heavy atom. The van der Waals surface area contributed by atoms with Gasteiger partial charge >= 0.3 is 7.60 Å². The van der Waals surface area contributed by atoms with E-state index in [1.807, 2.05) is 0 Å². The second kappa shape index (κ2) is 5.35. The number of hydrogen-bond acceptors (Lipinski definition) is 4. The van der Waals surface area contributed by atoms with Crippen LogP contribution in [0, 0.1) is 5.82 Å². The zero-order valence-corrected chi connectivity index (χ0v) is 9.54. The van der Waals surface area contributed by atoms with Gasteiger partial charge in [0.05, 0.1) is 13.2 Å². The molecule has 1 aromatic rings. The molecule has 0 saturated carbocycles. The number of aromatic nitrogens is 1. The van der Waals surface area contributed by atoms with E-state index in [-0.39, 0.29) is 18.6 Å². The third-order valence-electron chi connectivity index (χ3n) is 1.60. The van der Waals surface area contributed by atoms with Crippen LogP contribution in [0.4, 0.5) is 4.39 Å². The molecule has 0 aromatic carbocycles. The fourth-order valence-corrected chi connectivity index (χ4v) is 2.62. The van der Waals surface area contributed by atoms with Crippen molar-refractivity contribution in [2.24, 2.45) is 0 Å². The molecule has 0 N–H and O–H groups in total. The van der Waals surface area contributed by atoms with Gasteiger partial charge in [-0.3, -0.25) is 4.57 Å². The zero-order chi connectivity index (χ0) is 11.3. The first-order valence-corrected chi connectivity index (χ1v) is 6.18. The Bertz CT molecular complexity index is 362. The normalized spacial score (nSPS) is 11.7. The average molecular weight is 233 g/mol. The summed E-state index contributed by atoms with van der Waals surface area (Å²) >= 11 is 0. The molecule has 0 fully saturated rings. The van der Waals surface area contributed by atoms with Crippen molar-refractivity contribution in [1.29, 1.82) is 0 Å². The molecule has 6 heteroatoms. The molecule has 0 saturated heterocycles. The van der Waals surface area contributed by atoms with E-state index in [1.165, 1.54) is 18.3 Å². The predicted octanol–water partition coefficient (Wildman–Crippen LogP) is 2.11. The molecule has 0 aliphatic rings. The van der Waals surface area contributed by atoms with Crippen LogP contribution >= 0.6 is 7.60 Å². The average Bonchev–Trinajstić information content (AvgIpc) is 2.19. The van der Waals surface area contributed by atoms with Crippen LogP contribution < -0.4 is 5.44 Å². The van der Waals surface area contributed by atoms with Crippen molar-refractivity contribution < 1.29 is 18.0 Å². The molecule has 0 atom stereocenters. The van der Waals surface area contributed by atoms with E-state index in [9.17, 15) is 8.96 Å². The molecule has 0 aliphatic heterocycles. The van der Waals surface area contributed by atoms with Gasteiger partial charge in [-0.25, -0.2) is 9.37 Å². The SMILES string of the molecule is CCOP(=O)(OCC)c1ncccc1F. The summed E-state index contributed by atoms with van der Waals surface area (Å²) in [5.74, 6) is -0.678. The molecule has 84 valence electrons. The molecule has 1 aromatic heterocycles. The van der Waals surface area contributed by atoms with Crippen LogP contribution in [-0.2, 0) is 13.6 Å². The van der Waals surface area contributed by atoms with Gasteiger partial charge in [0.15, 0.2) is 11.3 Å². The number of nitrogens with zero attached hydrogens (tertiary/aromatic N) is 1. The van der Waals surface area contributed by atoms with Gasteiger partial charge in [-0.1, -0.05) is 0 Å². The predicted molar refractivity (Wildman–Crippen MR) is 54.7 cm³/mol. The number of hydrogen-bond donors (Lipinski definition) is 0. The third-order valence-corrected chi connectivity index (χ3v) is 3.64. The van der Waals surface area contributed by atoms with E-state index in [1.54, 1.807) is 13.8 Å². The van der Waals surface area contributed by atoms with Gasteiger partial charge in [0.1, 0.15) is 0 Å². The first-order chi connectivity index (χ1) is 7.14. The minimum atomic E-state index is -3.60. The summed E-state index contributed by atoms with van der Waals surface area (Å²) in [6.07, 6.45) is 1.35. The van der Waals surface area contributed by atoms with Gasteiger partial charge in [-0.2, -0.15) is 0 Å². The Balaban J connectivity index is 3.09. The smallest absolute Gasteiger partial charge is 0.304 e. The summed E-state index contributed by atoms with van der Waals surface area (Å²) in [4.78, 5) is 3.70. The van der Waals surface area contributed by atoms with Crippen LogP contribution in [0.3, 0.4) is 0 Å². The van der Waals surface area contributed by atoms with E-state index in [2.05, 4.69) is 4.98 Å². The summed E-state index contributed by atoms with van der Waals surface area (Å²) in [5.41, 5.74) is -0.256. The Morgan fingerprint density at radius 3 is 2.47 bits per heavy atom. The van der Waals surface area contributed by atoms with Crippen LogP contribution in [-0.4, -0.2) is 18.2 Å². The molecular weight excluding hydrogens is 220 g/mol. The second-order valence-electron chi connectivity index (χ2n) is 2.64. The van der Waals surface area contributed by atoms with Crippen molar-refractivity contribution in [3.8, 4) is 0 Å². The van der Waals surface area contributed by atoms with E-state index in [0.717, 1.165) is 0 Å². The summed E-state index contributed by atoms with van der Waals surface area (Å²) in [7, 11) is -3.60. The molecule has 0 spiro atoms. The molecule has 0 bridgehead atoms. The van der Waals surface area contributed by atoms with Crippen LogP contribution in [0.25, 0.3) is 0 Å². The molecule has 15 heavy (non-hydrogen) atoms. The third kappa shape index (κ3) is 2.84. The summed E-state index contributed by atoms with van der Waals surface area (Å²) < 4.78 is 35.4. The van der Waals surface area contributed by atoms with Gasteiger partial charge in [-0.15, -0.1) is 0 Å². The maximum Gasteiger partial charge on any atom is 0.382 e. The van der Waals surface area contributed by atoms with Crippen molar-refractivity contribution in [2.45, 2.75) is 13.8 Å². The van der Waals surface area contributed by atoms with Gasteiger partial charge in [0.25, 0.3) is 0 Å². The highest BCUT2D eigenvalue weighted by molar-refractivity contribution is 7.61. The van der Waals surface area contributed by atoms with Gasteiger partial charge < -0.3 is 9.05 Å². The molecule has 1 rings (SSSR count). The summed E-state index contributed by atoms with van der Waals surface area (Å²) in [6.45, 7) is 3.67. The van der Waals surface area contributed by atoms with Crippen LogP contribution in [0.1, 0.15) is 13.8 Å². The largest absolute Gasteiger partial charge is 0.382 e. The van der Waals surface area contributed by atoms with Gasteiger partial charge in [0.2, 0.25) is 0 Å². The molecule has 0 amide bonds. The first-order valence-electron chi connectivity index (χ1n) is 4.64. The molecule has 0 radical (unpaired) electrons. The molecular formula is C9H13FNO3P. The summed E-state index contributed by atoms with van der Waals surface area (Å²) in [6, 6.07) is 2.59. The molecule has 0 unspecified atom stereocenters. The Morgan fingerprint density at radius 2 is 2.00 bits per heavy atom. The minimum absolute atomic E-state index is 0.174. The Hall–Kier alpha value is -0.770. The first kappa shape index (κ1) is 12.3.